The Morgan fingerprint density at radius 2 is 2.00 bits per heavy atom. The average molecular weight is 244 g/mol. The molecule has 1 aliphatic rings. The first-order valence-electron chi connectivity index (χ1n) is 5.26. The van der Waals surface area contributed by atoms with Crippen LogP contribution in [0.5, 0.6) is 0 Å². The Hall–Kier alpha value is -0.240. The number of rotatable bonds is 2. The molecule has 15 heavy (non-hydrogen) atoms. The van der Waals surface area contributed by atoms with E-state index in [2.05, 4.69) is 6.92 Å². The second-order valence-electron chi connectivity index (χ2n) is 4.40. The standard InChI is InChI=1S/C12H15Cl2N/c1-8-5-6-12(8,7-15)11-9(13)3-2-4-10(11)14/h2-4,8H,5-7,15H2,1H3. The van der Waals surface area contributed by atoms with Gasteiger partial charge in [-0.1, -0.05) is 36.2 Å². The summed E-state index contributed by atoms with van der Waals surface area (Å²) in [5.74, 6) is 0.569. The van der Waals surface area contributed by atoms with E-state index in [1.54, 1.807) is 0 Å². The molecule has 82 valence electrons. The molecule has 1 aromatic rings. The molecule has 2 atom stereocenters. The lowest BCUT2D eigenvalue weighted by molar-refractivity contribution is 0.146. The number of hydrogen-bond acceptors (Lipinski definition) is 1. The Kier molecular flexibility index (Phi) is 2.98. The Balaban J connectivity index is 2.52. The third-order valence-electron chi connectivity index (χ3n) is 3.79. The fraction of sp³-hybridized carbons (Fsp3) is 0.500. The maximum atomic E-state index is 6.23. The van der Waals surface area contributed by atoms with Gasteiger partial charge < -0.3 is 5.73 Å². The highest BCUT2D eigenvalue weighted by Crippen LogP contribution is 2.51. The lowest BCUT2D eigenvalue weighted by Crippen LogP contribution is -2.49. The zero-order valence-corrected chi connectivity index (χ0v) is 10.3. The molecule has 1 aromatic carbocycles. The second kappa shape index (κ2) is 3.97. The van der Waals surface area contributed by atoms with Crippen LogP contribution in [0.15, 0.2) is 18.2 Å². The van der Waals surface area contributed by atoms with Gasteiger partial charge in [-0.3, -0.25) is 0 Å². The first-order valence-corrected chi connectivity index (χ1v) is 6.02. The normalized spacial score (nSPS) is 30.0. The van der Waals surface area contributed by atoms with Gasteiger partial charge in [0.2, 0.25) is 0 Å². The van der Waals surface area contributed by atoms with Crippen molar-refractivity contribution < 1.29 is 0 Å². The number of halogens is 2. The van der Waals surface area contributed by atoms with E-state index in [-0.39, 0.29) is 5.41 Å². The molecule has 1 fully saturated rings. The molecule has 2 rings (SSSR count). The van der Waals surface area contributed by atoms with Crippen LogP contribution in [0.3, 0.4) is 0 Å². The summed E-state index contributed by atoms with van der Waals surface area (Å²) in [6.07, 6.45) is 2.30. The summed E-state index contributed by atoms with van der Waals surface area (Å²) in [6.45, 7) is 2.84. The second-order valence-corrected chi connectivity index (χ2v) is 5.21. The van der Waals surface area contributed by atoms with Crippen molar-refractivity contribution in [1.29, 1.82) is 0 Å². The van der Waals surface area contributed by atoms with Gasteiger partial charge in [0.15, 0.2) is 0 Å². The van der Waals surface area contributed by atoms with Gasteiger partial charge in [0.05, 0.1) is 0 Å². The molecule has 0 aromatic heterocycles. The van der Waals surface area contributed by atoms with Gasteiger partial charge in [-0.15, -0.1) is 0 Å². The monoisotopic (exact) mass is 243 g/mol. The van der Waals surface area contributed by atoms with Crippen LogP contribution in [0.4, 0.5) is 0 Å². The topological polar surface area (TPSA) is 26.0 Å². The number of benzene rings is 1. The van der Waals surface area contributed by atoms with Gasteiger partial charge in [0, 0.05) is 22.0 Å². The molecule has 1 aliphatic carbocycles. The average Bonchev–Trinajstić information content (AvgIpc) is 2.21. The van der Waals surface area contributed by atoms with Crippen molar-refractivity contribution in [2.75, 3.05) is 6.54 Å². The minimum atomic E-state index is 0.00935. The molecule has 0 bridgehead atoms. The van der Waals surface area contributed by atoms with E-state index in [1.165, 1.54) is 6.42 Å². The lowest BCUT2D eigenvalue weighted by Gasteiger charge is -2.48. The lowest BCUT2D eigenvalue weighted by atomic mass is 9.57. The molecule has 0 radical (unpaired) electrons. The zero-order valence-electron chi connectivity index (χ0n) is 8.76. The van der Waals surface area contributed by atoms with E-state index in [1.807, 2.05) is 18.2 Å². The molecule has 1 saturated carbocycles. The van der Waals surface area contributed by atoms with Crippen molar-refractivity contribution in [3.8, 4) is 0 Å². The zero-order chi connectivity index (χ0) is 11.1. The van der Waals surface area contributed by atoms with E-state index >= 15 is 0 Å². The van der Waals surface area contributed by atoms with Gasteiger partial charge in [-0.05, 0) is 36.5 Å². The molecular weight excluding hydrogens is 229 g/mol. The first-order chi connectivity index (χ1) is 7.12. The molecule has 0 heterocycles. The van der Waals surface area contributed by atoms with Crippen molar-refractivity contribution in [2.45, 2.75) is 25.2 Å². The Morgan fingerprint density at radius 1 is 1.40 bits per heavy atom. The highest BCUT2D eigenvalue weighted by atomic mass is 35.5. The SMILES string of the molecule is CC1CCC1(CN)c1c(Cl)cccc1Cl. The van der Waals surface area contributed by atoms with Gasteiger partial charge in [0.25, 0.3) is 0 Å². The number of nitrogens with two attached hydrogens (primary N) is 1. The first kappa shape index (κ1) is 11.3. The van der Waals surface area contributed by atoms with Gasteiger partial charge in [-0.25, -0.2) is 0 Å². The highest BCUT2D eigenvalue weighted by Gasteiger charge is 2.46. The molecule has 2 N–H and O–H groups in total. The van der Waals surface area contributed by atoms with Crippen LogP contribution >= 0.6 is 23.2 Å². The Bertz CT molecular complexity index is 354. The molecule has 0 spiro atoms. The summed E-state index contributed by atoms with van der Waals surface area (Å²) in [4.78, 5) is 0. The van der Waals surface area contributed by atoms with Gasteiger partial charge in [0.1, 0.15) is 0 Å². The fourth-order valence-corrected chi connectivity index (χ4v) is 3.31. The molecule has 0 saturated heterocycles. The van der Waals surface area contributed by atoms with E-state index in [9.17, 15) is 0 Å². The predicted molar refractivity (Wildman–Crippen MR) is 65.6 cm³/mol. The van der Waals surface area contributed by atoms with Crippen molar-refractivity contribution >= 4 is 23.2 Å². The maximum absolute atomic E-state index is 6.23. The van der Waals surface area contributed by atoms with E-state index in [0.717, 1.165) is 22.0 Å². The van der Waals surface area contributed by atoms with E-state index < -0.39 is 0 Å². The summed E-state index contributed by atoms with van der Waals surface area (Å²) in [5.41, 5.74) is 6.97. The summed E-state index contributed by atoms with van der Waals surface area (Å²) >= 11 is 12.5. The van der Waals surface area contributed by atoms with Crippen molar-refractivity contribution in [3.63, 3.8) is 0 Å². The van der Waals surface area contributed by atoms with Crippen LogP contribution in [0, 0.1) is 5.92 Å². The summed E-state index contributed by atoms with van der Waals surface area (Å²) in [6, 6.07) is 5.66. The molecule has 3 heteroatoms. The van der Waals surface area contributed by atoms with Crippen LogP contribution in [-0.2, 0) is 5.41 Å². The molecular formula is C12H15Cl2N. The van der Waals surface area contributed by atoms with E-state index in [0.29, 0.717) is 12.5 Å². The molecule has 0 amide bonds. The minimum Gasteiger partial charge on any atom is -0.330 e. The van der Waals surface area contributed by atoms with Crippen LogP contribution in [0.2, 0.25) is 10.0 Å². The van der Waals surface area contributed by atoms with Crippen molar-refractivity contribution in [2.24, 2.45) is 11.7 Å². The van der Waals surface area contributed by atoms with Crippen LogP contribution < -0.4 is 5.73 Å². The Labute approximate surface area is 101 Å². The van der Waals surface area contributed by atoms with Crippen LogP contribution in [0.25, 0.3) is 0 Å². The summed E-state index contributed by atoms with van der Waals surface area (Å²) < 4.78 is 0. The highest BCUT2D eigenvalue weighted by molar-refractivity contribution is 6.36. The predicted octanol–water partition coefficient (Wildman–Crippen LogP) is 3.62. The van der Waals surface area contributed by atoms with E-state index in [4.69, 9.17) is 28.9 Å². The molecule has 0 aliphatic heterocycles. The largest absolute Gasteiger partial charge is 0.330 e. The fourth-order valence-electron chi connectivity index (χ4n) is 2.53. The molecule has 2 unspecified atom stereocenters. The van der Waals surface area contributed by atoms with Gasteiger partial charge >= 0.3 is 0 Å². The third kappa shape index (κ3) is 1.57. The van der Waals surface area contributed by atoms with Crippen LogP contribution in [0.1, 0.15) is 25.3 Å². The summed E-state index contributed by atoms with van der Waals surface area (Å²) in [5, 5.41) is 1.50. The maximum Gasteiger partial charge on any atom is 0.0459 e. The molecule has 1 nitrogen and oxygen atoms in total. The number of hydrogen-bond donors (Lipinski definition) is 1. The third-order valence-corrected chi connectivity index (χ3v) is 4.42. The summed E-state index contributed by atoms with van der Waals surface area (Å²) in [7, 11) is 0. The quantitative estimate of drug-likeness (QED) is 0.844. The van der Waals surface area contributed by atoms with Crippen molar-refractivity contribution in [1.82, 2.24) is 0 Å². The smallest absolute Gasteiger partial charge is 0.0459 e. The van der Waals surface area contributed by atoms with Crippen LogP contribution in [-0.4, -0.2) is 6.54 Å². The van der Waals surface area contributed by atoms with Gasteiger partial charge in [-0.2, -0.15) is 0 Å². The Morgan fingerprint density at radius 3 is 2.33 bits per heavy atom. The minimum absolute atomic E-state index is 0.00935. The van der Waals surface area contributed by atoms with Crippen molar-refractivity contribution in [3.05, 3.63) is 33.8 Å².